The molecule has 1 N–H and O–H groups in total. The van der Waals surface area contributed by atoms with Crippen molar-refractivity contribution < 1.29 is 0 Å². The fourth-order valence-electron chi connectivity index (χ4n) is 3.79. The zero-order valence-corrected chi connectivity index (χ0v) is 10.3. The molecule has 0 aromatic heterocycles. The molecule has 3 saturated heterocycles. The maximum Gasteiger partial charge on any atom is 0.0366 e. The number of hydrogen-bond acceptors (Lipinski definition) is 2. The Balaban J connectivity index is 1.81. The molecular weight excluding hydrogens is 184 g/mol. The fourth-order valence-corrected chi connectivity index (χ4v) is 3.79. The number of hydrogen-bond donors (Lipinski definition) is 1. The number of nitrogens with zero attached hydrogens (tertiary/aromatic N) is 1. The first-order valence-corrected chi connectivity index (χ1v) is 6.54. The second-order valence-corrected chi connectivity index (χ2v) is 6.80. The van der Waals surface area contributed by atoms with Crippen molar-refractivity contribution in [2.45, 2.75) is 63.6 Å². The topological polar surface area (TPSA) is 15.3 Å². The SMILES string of the molecule is CC(C)(C)NC1C2CCN(CC2)C12CC2. The molecule has 2 nitrogen and oxygen atoms in total. The van der Waals surface area contributed by atoms with Crippen LogP contribution in [0.25, 0.3) is 0 Å². The van der Waals surface area contributed by atoms with E-state index in [4.69, 9.17) is 0 Å². The minimum atomic E-state index is 0.277. The van der Waals surface area contributed by atoms with Crippen LogP contribution in [-0.4, -0.2) is 35.1 Å². The molecule has 1 unspecified atom stereocenters. The van der Waals surface area contributed by atoms with Crippen LogP contribution in [0.4, 0.5) is 0 Å². The second-order valence-electron chi connectivity index (χ2n) is 6.80. The highest BCUT2D eigenvalue weighted by atomic mass is 15.3. The summed E-state index contributed by atoms with van der Waals surface area (Å²) in [6, 6.07) is 0.778. The van der Waals surface area contributed by atoms with Crippen molar-refractivity contribution in [3.05, 3.63) is 0 Å². The first-order chi connectivity index (χ1) is 7.01. The lowest BCUT2D eigenvalue weighted by Crippen LogP contribution is -2.67. The van der Waals surface area contributed by atoms with E-state index in [1.807, 2.05) is 0 Å². The van der Waals surface area contributed by atoms with Gasteiger partial charge >= 0.3 is 0 Å². The predicted molar refractivity (Wildman–Crippen MR) is 62.9 cm³/mol. The molecule has 0 aromatic carbocycles. The van der Waals surface area contributed by atoms with E-state index in [-0.39, 0.29) is 5.54 Å². The van der Waals surface area contributed by atoms with E-state index < -0.39 is 0 Å². The molecule has 1 aliphatic carbocycles. The zero-order chi connectivity index (χ0) is 10.7. The van der Waals surface area contributed by atoms with Gasteiger partial charge in [0.05, 0.1) is 0 Å². The molecule has 0 radical (unpaired) electrons. The van der Waals surface area contributed by atoms with Crippen molar-refractivity contribution in [2.24, 2.45) is 5.92 Å². The Kier molecular flexibility index (Phi) is 2.01. The molecule has 1 atom stereocenters. The molecule has 0 aromatic rings. The molecule has 3 aliphatic heterocycles. The van der Waals surface area contributed by atoms with Gasteiger partial charge in [-0.05, 0) is 65.5 Å². The lowest BCUT2D eigenvalue weighted by Gasteiger charge is -2.54. The highest BCUT2D eigenvalue weighted by Crippen LogP contribution is 2.54. The van der Waals surface area contributed by atoms with Gasteiger partial charge in [0.15, 0.2) is 0 Å². The largest absolute Gasteiger partial charge is 0.307 e. The Labute approximate surface area is 93.4 Å². The Hall–Kier alpha value is -0.0800. The number of nitrogens with one attached hydrogen (secondary N) is 1. The average Bonchev–Trinajstić information content (AvgIpc) is 2.92. The normalized spacial score (nSPS) is 42.2. The van der Waals surface area contributed by atoms with Crippen LogP contribution in [-0.2, 0) is 0 Å². The van der Waals surface area contributed by atoms with Crippen LogP contribution >= 0.6 is 0 Å². The van der Waals surface area contributed by atoms with Gasteiger partial charge in [-0.25, -0.2) is 0 Å². The van der Waals surface area contributed by atoms with Crippen molar-refractivity contribution >= 4 is 0 Å². The third-order valence-corrected chi connectivity index (χ3v) is 4.57. The lowest BCUT2D eigenvalue weighted by atomic mass is 9.76. The summed E-state index contributed by atoms with van der Waals surface area (Å²) in [7, 11) is 0. The average molecular weight is 208 g/mol. The zero-order valence-electron chi connectivity index (χ0n) is 10.3. The summed E-state index contributed by atoms with van der Waals surface area (Å²) < 4.78 is 0. The van der Waals surface area contributed by atoms with Crippen LogP contribution in [0.5, 0.6) is 0 Å². The first kappa shape index (κ1) is 10.1. The van der Waals surface area contributed by atoms with Crippen LogP contribution in [0.15, 0.2) is 0 Å². The molecule has 2 bridgehead atoms. The van der Waals surface area contributed by atoms with Gasteiger partial charge in [0.25, 0.3) is 0 Å². The van der Waals surface area contributed by atoms with Gasteiger partial charge in [-0.1, -0.05) is 0 Å². The number of fused-ring (bicyclic) bond motifs is 2. The molecule has 4 aliphatic rings. The van der Waals surface area contributed by atoms with Gasteiger partial charge in [0.2, 0.25) is 0 Å². The van der Waals surface area contributed by atoms with E-state index in [0.717, 1.165) is 12.0 Å². The van der Waals surface area contributed by atoms with E-state index in [1.165, 1.54) is 38.8 Å². The Morgan fingerprint density at radius 2 is 1.73 bits per heavy atom. The highest BCUT2D eigenvalue weighted by molar-refractivity contribution is 5.18. The lowest BCUT2D eigenvalue weighted by molar-refractivity contribution is -0.0118. The van der Waals surface area contributed by atoms with E-state index >= 15 is 0 Å². The molecule has 4 rings (SSSR count). The van der Waals surface area contributed by atoms with Crippen molar-refractivity contribution in [1.29, 1.82) is 0 Å². The summed E-state index contributed by atoms with van der Waals surface area (Å²) in [6.07, 6.45) is 5.74. The summed E-state index contributed by atoms with van der Waals surface area (Å²) in [5.74, 6) is 0.955. The number of piperidine rings is 3. The molecule has 0 amide bonds. The van der Waals surface area contributed by atoms with Crippen LogP contribution < -0.4 is 5.32 Å². The van der Waals surface area contributed by atoms with E-state index in [2.05, 4.69) is 31.0 Å². The van der Waals surface area contributed by atoms with E-state index in [0.29, 0.717) is 5.54 Å². The molecular formula is C13H24N2. The van der Waals surface area contributed by atoms with Crippen LogP contribution in [0.1, 0.15) is 46.5 Å². The summed E-state index contributed by atoms with van der Waals surface area (Å²) in [5.41, 5.74) is 0.868. The quantitative estimate of drug-likeness (QED) is 0.709. The molecule has 2 heteroatoms. The van der Waals surface area contributed by atoms with E-state index in [9.17, 15) is 0 Å². The minimum Gasteiger partial charge on any atom is -0.307 e. The molecule has 15 heavy (non-hydrogen) atoms. The van der Waals surface area contributed by atoms with Gasteiger partial charge < -0.3 is 5.32 Å². The number of rotatable bonds is 1. The van der Waals surface area contributed by atoms with Gasteiger partial charge in [0, 0.05) is 17.1 Å². The smallest absolute Gasteiger partial charge is 0.0366 e. The standard InChI is InChI=1S/C13H24N2/c1-12(2,3)14-11-10-4-8-15(9-5-10)13(11)6-7-13/h10-11,14H,4-9H2,1-3H3. The van der Waals surface area contributed by atoms with Crippen molar-refractivity contribution in [1.82, 2.24) is 10.2 Å². The molecule has 1 spiro atoms. The summed E-state index contributed by atoms with van der Waals surface area (Å²) in [6.45, 7) is 9.65. The molecule has 3 heterocycles. The summed E-state index contributed by atoms with van der Waals surface area (Å²) in [5, 5.41) is 3.90. The van der Waals surface area contributed by atoms with Gasteiger partial charge in [-0.3, -0.25) is 4.90 Å². The van der Waals surface area contributed by atoms with Crippen LogP contribution in [0.3, 0.4) is 0 Å². The maximum absolute atomic E-state index is 3.90. The third kappa shape index (κ3) is 1.53. The molecule has 4 fully saturated rings. The predicted octanol–water partition coefficient (Wildman–Crippen LogP) is 2.00. The van der Waals surface area contributed by atoms with Gasteiger partial charge in [-0.15, -0.1) is 0 Å². The van der Waals surface area contributed by atoms with Crippen LogP contribution in [0, 0.1) is 5.92 Å². The molecule has 1 saturated carbocycles. The second kappa shape index (κ2) is 2.98. The maximum atomic E-state index is 3.90. The van der Waals surface area contributed by atoms with Gasteiger partial charge in [-0.2, -0.15) is 0 Å². The first-order valence-electron chi connectivity index (χ1n) is 6.54. The van der Waals surface area contributed by atoms with Crippen molar-refractivity contribution in [3.63, 3.8) is 0 Å². The monoisotopic (exact) mass is 208 g/mol. The summed E-state index contributed by atoms with van der Waals surface area (Å²) in [4.78, 5) is 2.77. The molecule has 86 valence electrons. The van der Waals surface area contributed by atoms with Crippen LogP contribution in [0.2, 0.25) is 0 Å². The Morgan fingerprint density at radius 1 is 1.13 bits per heavy atom. The van der Waals surface area contributed by atoms with E-state index in [1.54, 1.807) is 0 Å². The Bertz CT molecular complexity index is 254. The fraction of sp³-hybridized carbons (Fsp3) is 1.00. The van der Waals surface area contributed by atoms with Gasteiger partial charge in [0.1, 0.15) is 0 Å². The van der Waals surface area contributed by atoms with Crippen molar-refractivity contribution in [3.8, 4) is 0 Å². The third-order valence-electron chi connectivity index (χ3n) is 4.57. The highest BCUT2D eigenvalue weighted by Gasteiger charge is 2.60. The summed E-state index contributed by atoms with van der Waals surface area (Å²) >= 11 is 0. The Morgan fingerprint density at radius 3 is 2.20 bits per heavy atom. The van der Waals surface area contributed by atoms with Crippen molar-refractivity contribution in [2.75, 3.05) is 13.1 Å². The minimum absolute atomic E-state index is 0.277.